The molecular formula is C15H23N5O. The predicted octanol–water partition coefficient (Wildman–Crippen LogP) is 2.54. The van der Waals surface area contributed by atoms with Crippen LogP contribution >= 0.6 is 0 Å². The minimum absolute atomic E-state index is 0.440. The van der Waals surface area contributed by atoms with Gasteiger partial charge in [0.15, 0.2) is 5.82 Å². The van der Waals surface area contributed by atoms with Gasteiger partial charge in [0.25, 0.3) is 5.89 Å². The third-order valence-electron chi connectivity index (χ3n) is 4.38. The van der Waals surface area contributed by atoms with Gasteiger partial charge in [0.2, 0.25) is 0 Å². The third kappa shape index (κ3) is 2.72. The summed E-state index contributed by atoms with van der Waals surface area (Å²) in [6.45, 7) is 2.08. The van der Waals surface area contributed by atoms with E-state index >= 15 is 0 Å². The monoisotopic (exact) mass is 289 g/mol. The second-order valence-electron chi connectivity index (χ2n) is 5.99. The summed E-state index contributed by atoms with van der Waals surface area (Å²) >= 11 is 0. The van der Waals surface area contributed by atoms with Crippen molar-refractivity contribution in [3.8, 4) is 11.6 Å². The molecule has 1 aliphatic carbocycles. The van der Waals surface area contributed by atoms with Crippen molar-refractivity contribution in [1.29, 1.82) is 0 Å². The van der Waals surface area contributed by atoms with Crippen LogP contribution < -0.4 is 5.73 Å². The van der Waals surface area contributed by atoms with Crippen LogP contribution in [0.1, 0.15) is 57.0 Å². The fourth-order valence-corrected chi connectivity index (χ4v) is 3.01. The van der Waals surface area contributed by atoms with Crippen LogP contribution in [0.15, 0.2) is 10.6 Å². The first kappa shape index (κ1) is 14.3. The van der Waals surface area contributed by atoms with E-state index < -0.39 is 5.54 Å². The van der Waals surface area contributed by atoms with Gasteiger partial charge in [-0.1, -0.05) is 37.8 Å². The second kappa shape index (κ2) is 5.60. The molecule has 2 N–H and O–H groups in total. The Hall–Kier alpha value is -1.69. The summed E-state index contributed by atoms with van der Waals surface area (Å²) in [7, 11) is 1.89. The molecule has 0 bridgehead atoms. The Balaban J connectivity index is 1.90. The van der Waals surface area contributed by atoms with Crippen molar-refractivity contribution in [3.63, 3.8) is 0 Å². The Bertz CT molecular complexity index is 607. The maximum Gasteiger partial charge on any atom is 0.276 e. The molecule has 1 fully saturated rings. The zero-order valence-electron chi connectivity index (χ0n) is 12.8. The van der Waals surface area contributed by atoms with E-state index in [1.165, 1.54) is 12.8 Å². The van der Waals surface area contributed by atoms with Crippen molar-refractivity contribution >= 4 is 0 Å². The molecule has 2 aromatic rings. The van der Waals surface area contributed by atoms with Crippen LogP contribution in [0.4, 0.5) is 0 Å². The van der Waals surface area contributed by atoms with Crippen LogP contribution in [0, 0.1) is 0 Å². The molecule has 0 atom stereocenters. The van der Waals surface area contributed by atoms with Gasteiger partial charge in [0.1, 0.15) is 5.69 Å². The van der Waals surface area contributed by atoms with Crippen molar-refractivity contribution in [2.45, 2.75) is 57.4 Å². The van der Waals surface area contributed by atoms with Gasteiger partial charge < -0.3 is 10.3 Å². The third-order valence-corrected chi connectivity index (χ3v) is 4.38. The quantitative estimate of drug-likeness (QED) is 0.878. The van der Waals surface area contributed by atoms with E-state index in [1.807, 2.05) is 13.1 Å². The number of nitrogens with two attached hydrogens (primary N) is 1. The topological polar surface area (TPSA) is 82.8 Å². The first-order valence-electron chi connectivity index (χ1n) is 7.79. The highest BCUT2D eigenvalue weighted by Crippen LogP contribution is 2.33. The molecule has 0 saturated heterocycles. The van der Waals surface area contributed by atoms with Gasteiger partial charge in [-0.2, -0.15) is 10.1 Å². The molecule has 6 nitrogen and oxygen atoms in total. The van der Waals surface area contributed by atoms with Gasteiger partial charge in [0, 0.05) is 7.05 Å². The van der Waals surface area contributed by atoms with Crippen molar-refractivity contribution in [3.05, 3.63) is 17.6 Å². The second-order valence-corrected chi connectivity index (χ2v) is 5.99. The van der Waals surface area contributed by atoms with E-state index in [0.717, 1.165) is 43.5 Å². The summed E-state index contributed by atoms with van der Waals surface area (Å²) in [5.74, 6) is 1.15. The Kier molecular flexibility index (Phi) is 3.80. The highest BCUT2D eigenvalue weighted by Gasteiger charge is 2.33. The molecule has 0 aromatic carbocycles. The van der Waals surface area contributed by atoms with Crippen LogP contribution in [0.5, 0.6) is 0 Å². The molecule has 2 heterocycles. The summed E-state index contributed by atoms with van der Waals surface area (Å²) in [4.78, 5) is 4.56. The maximum atomic E-state index is 6.53. The van der Waals surface area contributed by atoms with Gasteiger partial charge in [0.05, 0.1) is 11.2 Å². The lowest BCUT2D eigenvalue weighted by atomic mass is 9.91. The molecule has 21 heavy (non-hydrogen) atoms. The first-order valence-corrected chi connectivity index (χ1v) is 7.79. The Morgan fingerprint density at radius 1 is 1.29 bits per heavy atom. The molecule has 2 aromatic heterocycles. The zero-order valence-corrected chi connectivity index (χ0v) is 12.8. The Labute approximate surface area is 124 Å². The van der Waals surface area contributed by atoms with E-state index in [1.54, 1.807) is 4.68 Å². The van der Waals surface area contributed by atoms with E-state index in [-0.39, 0.29) is 0 Å². The van der Waals surface area contributed by atoms with Crippen LogP contribution in [0.25, 0.3) is 11.6 Å². The zero-order chi connectivity index (χ0) is 14.9. The van der Waals surface area contributed by atoms with Crippen LogP contribution in [0.3, 0.4) is 0 Å². The van der Waals surface area contributed by atoms with Gasteiger partial charge >= 0.3 is 0 Å². The molecule has 6 heteroatoms. The molecule has 0 unspecified atom stereocenters. The number of aromatic nitrogens is 4. The summed E-state index contributed by atoms with van der Waals surface area (Å²) in [5.41, 5.74) is 7.96. The molecule has 1 saturated carbocycles. The minimum Gasteiger partial charge on any atom is -0.332 e. The maximum absolute atomic E-state index is 6.53. The normalized spacial score (nSPS) is 18.6. The molecule has 114 valence electrons. The number of hydrogen-bond acceptors (Lipinski definition) is 5. The van der Waals surface area contributed by atoms with Gasteiger partial charge in [-0.25, -0.2) is 0 Å². The Morgan fingerprint density at radius 2 is 2.00 bits per heavy atom. The van der Waals surface area contributed by atoms with Crippen molar-refractivity contribution < 1.29 is 4.52 Å². The summed E-state index contributed by atoms with van der Waals surface area (Å²) < 4.78 is 7.23. The largest absolute Gasteiger partial charge is 0.332 e. The van der Waals surface area contributed by atoms with Crippen LogP contribution in [-0.4, -0.2) is 19.9 Å². The summed E-state index contributed by atoms with van der Waals surface area (Å²) in [6.07, 6.45) is 7.49. The number of rotatable bonds is 3. The minimum atomic E-state index is -0.440. The average molecular weight is 289 g/mol. The van der Waals surface area contributed by atoms with Crippen LogP contribution in [0.2, 0.25) is 0 Å². The fraction of sp³-hybridized carbons (Fsp3) is 0.667. The highest BCUT2D eigenvalue weighted by molar-refractivity contribution is 5.48. The molecule has 0 amide bonds. The number of hydrogen-bond donors (Lipinski definition) is 1. The molecule has 0 aliphatic heterocycles. The van der Waals surface area contributed by atoms with E-state index in [4.69, 9.17) is 10.3 Å². The fourth-order valence-electron chi connectivity index (χ4n) is 3.01. The van der Waals surface area contributed by atoms with Crippen molar-refractivity contribution in [2.24, 2.45) is 12.8 Å². The SMILES string of the molecule is CCc1cc(-c2nc(C3(N)CCCCCC3)no2)n(C)n1. The Morgan fingerprint density at radius 3 is 2.62 bits per heavy atom. The molecule has 0 spiro atoms. The standard InChI is InChI=1S/C15H23N5O/c1-3-11-10-12(20(2)18-11)13-17-14(19-21-13)15(16)8-6-4-5-7-9-15/h10H,3-9,16H2,1-2H3. The summed E-state index contributed by atoms with van der Waals surface area (Å²) in [5, 5.41) is 8.57. The lowest BCUT2D eigenvalue weighted by Gasteiger charge is -2.23. The number of nitrogens with zero attached hydrogens (tertiary/aromatic N) is 4. The first-order chi connectivity index (χ1) is 10.1. The lowest BCUT2D eigenvalue weighted by molar-refractivity contribution is 0.334. The van der Waals surface area contributed by atoms with E-state index in [9.17, 15) is 0 Å². The highest BCUT2D eigenvalue weighted by atomic mass is 16.5. The lowest BCUT2D eigenvalue weighted by Crippen LogP contribution is -2.37. The van der Waals surface area contributed by atoms with Crippen molar-refractivity contribution in [2.75, 3.05) is 0 Å². The average Bonchev–Trinajstić information content (AvgIpc) is 3.03. The predicted molar refractivity (Wildman–Crippen MR) is 79.4 cm³/mol. The van der Waals surface area contributed by atoms with Gasteiger partial charge in [-0.05, 0) is 25.3 Å². The smallest absolute Gasteiger partial charge is 0.276 e. The molecular weight excluding hydrogens is 266 g/mol. The number of aryl methyl sites for hydroxylation is 2. The van der Waals surface area contributed by atoms with Crippen molar-refractivity contribution in [1.82, 2.24) is 19.9 Å². The summed E-state index contributed by atoms with van der Waals surface area (Å²) in [6, 6.07) is 1.99. The molecule has 3 rings (SSSR count). The van der Waals surface area contributed by atoms with E-state index in [0.29, 0.717) is 11.7 Å². The van der Waals surface area contributed by atoms with E-state index in [2.05, 4.69) is 22.2 Å². The molecule has 0 radical (unpaired) electrons. The van der Waals surface area contributed by atoms with Gasteiger partial charge in [-0.3, -0.25) is 4.68 Å². The van der Waals surface area contributed by atoms with Crippen LogP contribution in [-0.2, 0) is 19.0 Å². The van der Waals surface area contributed by atoms with Gasteiger partial charge in [-0.15, -0.1) is 0 Å². The molecule has 1 aliphatic rings.